The standard InChI is InChI=1S/C14H17F2N3O2/c1-8(15)13(20)18-9-3-4-11(16)10(5-9)14(2)7-21-6-12(17)19-14/h3-5,8H,6-7H2,1-2H3,(H2,17,19)(H,18,20)/t8-,14-/m0/s1. The SMILES string of the molecule is C[C@H](F)C(=O)Nc1ccc(F)c([C@]2(C)COCC(N)=N2)c1. The van der Waals surface area contributed by atoms with E-state index in [4.69, 9.17) is 10.5 Å². The van der Waals surface area contributed by atoms with Crippen molar-refractivity contribution < 1.29 is 18.3 Å². The van der Waals surface area contributed by atoms with Gasteiger partial charge in [-0.25, -0.2) is 8.78 Å². The molecule has 0 saturated heterocycles. The first-order valence-corrected chi connectivity index (χ1v) is 6.49. The molecule has 2 atom stereocenters. The average molecular weight is 297 g/mol. The first-order valence-electron chi connectivity index (χ1n) is 6.49. The van der Waals surface area contributed by atoms with Crippen LogP contribution in [-0.2, 0) is 15.1 Å². The predicted octanol–water partition coefficient (Wildman–Crippen LogP) is 1.72. The summed E-state index contributed by atoms with van der Waals surface area (Å²) in [5.74, 6) is -1.01. The second-order valence-corrected chi connectivity index (χ2v) is 5.17. The lowest BCUT2D eigenvalue weighted by atomic mass is 9.92. The van der Waals surface area contributed by atoms with Crippen LogP contribution in [0.25, 0.3) is 0 Å². The van der Waals surface area contributed by atoms with Crippen LogP contribution in [0, 0.1) is 5.82 Å². The Morgan fingerprint density at radius 2 is 2.29 bits per heavy atom. The Hall–Kier alpha value is -2.02. The van der Waals surface area contributed by atoms with Gasteiger partial charge >= 0.3 is 0 Å². The monoisotopic (exact) mass is 297 g/mol. The number of amidine groups is 1. The van der Waals surface area contributed by atoms with Crippen molar-refractivity contribution >= 4 is 17.4 Å². The summed E-state index contributed by atoms with van der Waals surface area (Å²) in [4.78, 5) is 15.6. The molecule has 21 heavy (non-hydrogen) atoms. The number of aliphatic imine (C=N–C) groups is 1. The highest BCUT2D eigenvalue weighted by atomic mass is 19.1. The van der Waals surface area contributed by atoms with E-state index in [0.29, 0.717) is 5.69 Å². The maximum Gasteiger partial charge on any atom is 0.258 e. The molecule has 1 aliphatic heterocycles. The Bertz CT molecular complexity index is 590. The number of benzene rings is 1. The number of nitrogens with two attached hydrogens (primary N) is 1. The Kier molecular flexibility index (Phi) is 4.22. The maximum absolute atomic E-state index is 14.1. The number of carbonyl (C=O) groups excluding carboxylic acids is 1. The van der Waals surface area contributed by atoms with E-state index >= 15 is 0 Å². The van der Waals surface area contributed by atoms with Crippen LogP contribution in [0.15, 0.2) is 23.2 Å². The fourth-order valence-corrected chi connectivity index (χ4v) is 2.13. The van der Waals surface area contributed by atoms with Crippen molar-refractivity contribution in [3.05, 3.63) is 29.6 Å². The molecule has 0 unspecified atom stereocenters. The van der Waals surface area contributed by atoms with Crippen LogP contribution in [0.3, 0.4) is 0 Å². The lowest BCUT2D eigenvalue weighted by Gasteiger charge is -2.30. The smallest absolute Gasteiger partial charge is 0.258 e. The molecule has 7 heteroatoms. The normalized spacial score (nSPS) is 23.3. The van der Waals surface area contributed by atoms with Crippen molar-refractivity contribution in [2.24, 2.45) is 10.7 Å². The van der Waals surface area contributed by atoms with E-state index in [2.05, 4.69) is 10.3 Å². The third-order valence-electron chi connectivity index (χ3n) is 3.20. The number of anilines is 1. The molecule has 0 aliphatic carbocycles. The summed E-state index contributed by atoms with van der Waals surface area (Å²) in [7, 11) is 0. The van der Waals surface area contributed by atoms with Gasteiger partial charge in [-0.1, -0.05) is 0 Å². The molecule has 0 bridgehead atoms. The molecule has 0 radical (unpaired) electrons. The second-order valence-electron chi connectivity index (χ2n) is 5.17. The van der Waals surface area contributed by atoms with Crippen molar-refractivity contribution in [2.75, 3.05) is 18.5 Å². The quantitative estimate of drug-likeness (QED) is 0.892. The van der Waals surface area contributed by atoms with Gasteiger partial charge in [0, 0.05) is 11.3 Å². The van der Waals surface area contributed by atoms with Crippen LogP contribution in [0.5, 0.6) is 0 Å². The third-order valence-corrected chi connectivity index (χ3v) is 3.20. The van der Waals surface area contributed by atoms with Crippen LogP contribution < -0.4 is 11.1 Å². The van der Waals surface area contributed by atoms with E-state index < -0.39 is 23.4 Å². The van der Waals surface area contributed by atoms with Gasteiger partial charge in [-0.3, -0.25) is 9.79 Å². The number of hydrogen-bond acceptors (Lipinski definition) is 4. The molecule has 1 aromatic rings. The van der Waals surface area contributed by atoms with Gasteiger partial charge in [0.1, 0.15) is 23.8 Å². The highest BCUT2D eigenvalue weighted by molar-refractivity contribution is 5.93. The Morgan fingerprint density at radius 1 is 1.57 bits per heavy atom. The Morgan fingerprint density at radius 3 is 2.90 bits per heavy atom. The summed E-state index contributed by atoms with van der Waals surface area (Å²) in [6.45, 7) is 3.18. The lowest BCUT2D eigenvalue weighted by Crippen LogP contribution is -2.38. The number of amides is 1. The molecule has 0 fully saturated rings. The van der Waals surface area contributed by atoms with Crippen molar-refractivity contribution in [1.29, 1.82) is 0 Å². The topological polar surface area (TPSA) is 76.7 Å². The van der Waals surface area contributed by atoms with E-state index in [0.717, 1.165) is 6.92 Å². The molecule has 0 saturated carbocycles. The van der Waals surface area contributed by atoms with E-state index in [1.165, 1.54) is 18.2 Å². The summed E-state index contributed by atoms with van der Waals surface area (Å²) in [6.07, 6.45) is -1.65. The number of nitrogens with one attached hydrogen (secondary N) is 1. The highest BCUT2D eigenvalue weighted by Gasteiger charge is 2.33. The van der Waals surface area contributed by atoms with Crippen molar-refractivity contribution in [3.8, 4) is 0 Å². The number of rotatable bonds is 3. The first-order chi connectivity index (χ1) is 9.82. The van der Waals surface area contributed by atoms with E-state index in [-0.39, 0.29) is 24.6 Å². The molecular weight excluding hydrogens is 280 g/mol. The minimum absolute atomic E-state index is 0.168. The molecular formula is C14H17F2N3O2. The van der Waals surface area contributed by atoms with Crippen LogP contribution in [0.2, 0.25) is 0 Å². The van der Waals surface area contributed by atoms with Gasteiger partial charge < -0.3 is 15.8 Å². The number of alkyl halides is 1. The van der Waals surface area contributed by atoms with Gasteiger partial charge in [-0.15, -0.1) is 0 Å². The van der Waals surface area contributed by atoms with Gasteiger partial charge in [0.15, 0.2) is 6.17 Å². The zero-order valence-corrected chi connectivity index (χ0v) is 11.8. The maximum atomic E-state index is 14.1. The number of halogens is 2. The van der Waals surface area contributed by atoms with Crippen LogP contribution in [0.4, 0.5) is 14.5 Å². The largest absolute Gasteiger partial charge is 0.386 e. The Labute approximate surface area is 121 Å². The molecule has 1 amide bonds. The van der Waals surface area contributed by atoms with Crippen molar-refractivity contribution in [3.63, 3.8) is 0 Å². The van der Waals surface area contributed by atoms with Gasteiger partial charge in [-0.05, 0) is 32.0 Å². The summed E-state index contributed by atoms with van der Waals surface area (Å²) >= 11 is 0. The minimum atomic E-state index is -1.65. The molecule has 1 aromatic carbocycles. The molecule has 0 spiro atoms. The molecule has 2 rings (SSSR count). The van der Waals surface area contributed by atoms with Crippen molar-refractivity contribution in [1.82, 2.24) is 0 Å². The lowest BCUT2D eigenvalue weighted by molar-refractivity contribution is -0.120. The molecule has 114 valence electrons. The first kappa shape index (κ1) is 15.4. The zero-order chi connectivity index (χ0) is 15.6. The highest BCUT2D eigenvalue weighted by Crippen LogP contribution is 2.32. The summed E-state index contributed by atoms with van der Waals surface area (Å²) in [6, 6.07) is 3.97. The van der Waals surface area contributed by atoms with Crippen molar-refractivity contribution in [2.45, 2.75) is 25.6 Å². The van der Waals surface area contributed by atoms with E-state index in [9.17, 15) is 13.6 Å². The minimum Gasteiger partial charge on any atom is -0.386 e. The number of ether oxygens (including phenoxy) is 1. The predicted molar refractivity (Wildman–Crippen MR) is 75.4 cm³/mol. The van der Waals surface area contributed by atoms with E-state index in [1.807, 2.05) is 0 Å². The number of hydrogen-bond donors (Lipinski definition) is 2. The van der Waals surface area contributed by atoms with Gasteiger partial charge in [0.25, 0.3) is 5.91 Å². The molecule has 5 nitrogen and oxygen atoms in total. The van der Waals surface area contributed by atoms with Gasteiger partial charge in [0.2, 0.25) is 0 Å². The van der Waals surface area contributed by atoms with Gasteiger partial charge in [0.05, 0.1) is 6.61 Å². The zero-order valence-electron chi connectivity index (χ0n) is 11.8. The number of carbonyl (C=O) groups is 1. The van der Waals surface area contributed by atoms with Crippen LogP contribution in [-0.4, -0.2) is 31.1 Å². The molecule has 3 N–H and O–H groups in total. The average Bonchev–Trinajstić information content (AvgIpc) is 2.40. The van der Waals surface area contributed by atoms with Crippen LogP contribution in [0.1, 0.15) is 19.4 Å². The fraction of sp³-hybridized carbons (Fsp3) is 0.429. The summed E-state index contributed by atoms with van der Waals surface area (Å²) in [5.41, 5.74) is 5.19. The van der Waals surface area contributed by atoms with E-state index in [1.54, 1.807) is 6.92 Å². The second kappa shape index (κ2) is 5.77. The summed E-state index contributed by atoms with van der Waals surface area (Å²) in [5, 5.41) is 2.38. The Balaban J connectivity index is 2.35. The third kappa shape index (κ3) is 3.36. The number of nitrogens with zero attached hydrogens (tertiary/aromatic N) is 1. The molecule has 1 heterocycles. The fourth-order valence-electron chi connectivity index (χ4n) is 2.13. The van der Waals surface area contributed by atoms with Crippen LogP contribution >= 0.6 is 0 Å². The van der Waals surface area contributed by atoms with Gasteiger partial charge in [-0.2, -0.15) is 0 Å². The summed E-state index contributed by atoms with van der Waals surface area (Å²) < 4.78 is 32.3. The molecule has 1 aliphatic rings. The molecule has 0 aromatic heterocycles.